The summed E-state index contributed by atoms with van der Waals surface area (Å²) in [6, 6.07) is 10.8. The Morgan fingerprint density at radius 1 is 1.24 bits per heavy atom. The lowest BCUT2D eigenvalue weighted by molar-refractivity contribution is -0.890. The molecule has 1 aliphatic heterocycles. The second-order valence-corrected chi connectivity index (χ2v) is 9.48. The molecule has 2 aliphatic rings. The van der Waals surface area contributed by atoms with Crippen LogP contribution in [0.3, 0.4) is 0 Å². The van der Waals surface area contributed by atoms with Crippen LogP contribution in [0.5, 0.6) is 0 Å². The number of anilines is 1. The molecule has 1 saturated heterocycles. The average molecular weight is 522 g/mol. The van der Waals surface area contributed by atoms with Crippen LogP contribution in [0, 0.1) is 12.8 Å². The van der Waals surface area contributed by atoms with E-state index in [2.05, 4.69) is 10.5 Å². The maximum Gasteiger partial charge on any atom is 0.343 e. The van der Waals surface area contributed by atoms with Crippen molar-refractivity contribution < 1.29 is 45.4 Å². The van der Waals surface area contributed by atoms with Gasteiger partial charge in [-0.1, -0.05) is 48.3 Å². The van der Waals surface area contributed by atoms with Crippen molar-refractivity contribution in [2.75, 3.05) is 32.0 Å². The Labute approximate surface area is 204 Å². The number of nitrogens with zero attached hydrogens (tertiary/aromatic N) is 2. The van der Waals surface area contributed by atoms with Gasteiger partial charge in [0.1, 0.15) is 12.3 Å². The summed E-state index contributed by atoms with van der Waals surface area (Å²) >= 11 is 0. The molecule has 1 saturated carbocycles. The molecule has 3 atom stereocenters. The number of ether oxygens (including phenoxy) is 1. The average Bonchev–Trinajstić information content (AvgIpc) is 3.50. The van der Waals surface area contributed by atoms with Crippen LogP contribution in [0.2, 0.25) is 0 Å². The van der Waals surface area contributed by atoms with Gasteiger partial charge in [-0.3, -0.25) is 4.79 Å². The summed E-state index contributed by atoms with van der Waals surface area (Å²) < 4.78 is 11.3. The number of benzene rings is 1. The van der Waals surface area contributed by atoms with Gasteiger partial charge in [-0.2, -0.15) is 0 Å². The van der Waals surface area contributed by atoms with Gasteiger partial charge in [0.05, 0.1) is 13.6 Å². The third-order valence-corrected chi connectivity index (χ3v) is 6.80. The summed E-state index contributed by atoms with van der Waals surface area (Å²) in [7, 11) is 1.97. The van der Waals surface area contributed by atoms with E-state index in [0.29, 0.717) is 41.1 Å². The fraction of sp³-hybridized carbons (Fsp3) is 0.542. The first kappa shape index (κ1) is 25.4. The van der Waals surface area contributed by atoms with Gasteiger partial charge in [-0.05, 0) is 25.3 Å². The van der Waals surface area contributed by atoms with Gasteiger partial charge in [-0.15, -0.1) is 0 Å². The zero-order valence-electron chi connectivity index (χ0n) is 19.1. The molecule has 0 spiro atoms. The van der Waals surface area contributed by atoms with Crippen LogP contribution >= 0.6 is 0 Å². The van der Waals surface area contributed by atoms with E-state index in [1.165, 1.54) is 0 Å². The maximum atomic E-state index is 13.3. The van der Waals surface area contributed by atoms with Gasteiger partial charge in [0.2, 0.25) is 0 Å². The Kier molecular flexibility index (Phi) is 7.97. The quantitative estimate of drug-likeness (QED) is 0.385. The highest BCUT2D eigenvalue weighted by molar-refractivity contribution is 5.90. The van der Waals surface area contributed by atoms with Crippen LogP contribution in [0.25, 0.3) is 0 Å². The van der Waals surface area contributed by atoms with Gasteiger partial charge in [-0.25, -0.2) is 4.79 Å². The third kappa shape index (κ3) is 5.65. The van der Waals surface area contributed by atoms with E-state index in [9.17, 15) is 14.7 Å². The summed E-state index contributed by atoms with van der Waals surface area (Å²) in [4.78, 5) is 25.8. The first-order chi connectivity index (χ1) is 15.3. The smallest absolute Gasteiger partial charge is 0.343 e. The highest BCUT2D eigenvalue weighted by atomic mass is 79.9. The molecule has 8 nitrogen and oxygen atoms in total. The van der Waals surface area contributed by atoms with Gasteiger partial charge in [0, 0.05) is 18.4 Å². The van der Waals surface area contributed by atoms with E-state index in [1.807, 2.05) is 25.2 Å². The Morgan fingerprint density at radius 3 is 2.58 bits per heavy atom. The minimum Gasteiger partial charge on any atom is -1.00 e. The van der Waals surface area contributed by atoms with Crippen molar-refractivity contribution in [2.45, 2.75) is 50.7 Å². The van der Waals surface area contributed by atoms with E-state index in [4.69, 9.17) is 9.26 Å². The van der Waals surface area contributed by atoms with Crippen LogP contribution in [-0.4, -0.2) is 59.4 Å². The molecule has 33 heavy (non-hydrogen) atoms. The Hall–Kier alpha value is -2.23. The number of aryl methyl sites for hydroxylation is 1. The molecule has 180 valence electrons. The van der Waals surface area contributed by atoms with Crippen molar-refractivity contribution in [2.24, 2.45) is 5.92 Å². The van der Waals surface area contributed by atoms with Gasteiger partial charge in [0.15, 0.2) is 24.1 Å². The first-order valence-corrected chi connectivity index (χ1v) is 11.3. The lowest BCUT2D eigenvalue weighted by Gasteiger charge is -2.33. The molecule has 1 aromatic carbocycles. The van der Waals surface area contributed by atoms with E-state index < -0.39 is 11.6 Å². The molecule has 9 heteroatoms. The number of carbonyl (C=O) groups excluding carboxylic acids is 2. The van der Waals surface area contributed by atoms with Crippen LogP contribution in [0.1, 0.15) is 43.4 Å². The van der Waals surface area contributed by atoms with Crippen LogP contribution in [-0.2, 0) is 19.9 Å². The molecule has 0 radical (unpaired) electrons. The normalized spacial score (nSPS) is 24.6. The van der Waals surface area contributed by atoms with Crippen molar-refractivity contribution in [3.63, 3.8) is 0 Å². The van der Waals surface area contributed by atoms with Crippen molar-refractivity contribution in [1.29, 1.82) is 0 Å². The molecule has 2 heterocycles. The number of quaternary nitrogens is 1. The molecule has 2 N–H and O–H groups in total. The largest absolute Gasteiger partial charge is 1.00 e. The SMILES string of the molecule is Cc1cc(NC(=O)C[N+]2(C)CC[C@@H](OC(=O)C(O)(c3ccccc3)C3CCCC3)C2)no1.[Br-]. The fourth-order valence-corrected chi connectivity index (χ4v) is 5.12. The number of aliphatic hydroxyl groups is 1. The zero-order valence-corrected chi connectivity index (χ0v) is 20.7. The highest BCUT2D eigenvalue weighted by Gasteiger charge is 2.50. The highest BCUT2D eigenvalue weighted by Crippen LogP contribution is 2.42. The zero-order chi connectivity index (χ0) is 22.8. The van der Waals surface area contributed by atoms with Crippen molar-refractivity contribution in [3.8, 4) is 0 Å². The summed E-state index contributed by atoms with van der Waals surface area (Å²) in [5, 5.41) is 18.1. The van der Waals surface area contributed by atoms with Gasteiger partial charge >= 0.3 is 5.97 Å². The number of rotatable bonds is 7. The van der Waals surface area contributed by atoms with Gasteiger partial charge in [0.25, 0.3) is 5.91 Å². The van der Waals surface area contributed by atoms with E-state index in [1.54, 1.807) is 25.1 Å². The maximum absolute atomic E-state index is 13.3. The van der Waals surface area contributed by atoms with Crippen molar-refractivity contribution in [3.05, 3.63) is 47.7 Å². The standard InChI is InChI=1S/C24H31N3O5.BrH/c1-17-14-21(26-32-17)25-22(28)16-27(2)13-12-20(15-27)31-23(29)24(30,19-10-6-7-11-19)18-8-4-3-5-9-18;/h3-5,8-9,14,19-20,30H,6-7,10-13,15-16H2,1-2H3;1H/t20-,24?,27?;/m1./s1. The number of nitrogens with one attached hydrogen (secondary N) is 1. The number of likely N-dealkylation sites (N-methyl/N-ethyl adjacent to an activating group) is 1. The fourth-order valence-electron chi connectivity index (χ4n) is 5.12. The number of esters is 1. The third-order valence-electron chi connectivity index (χ3n) is 6.80. The van der Waals surface area contributed by atoms with Gasteiger partial charge < -0.3 is 41.1 Å². The minimum atomic E-state index is -1.63. The summed E-state index contributed by atoms with van der Waals surface area (Å²) in [6.07, 6.45) is 3.93. The lowest BCUT2D eigenvalue weighted by atomic mass is 9.80. The Morgan fingerprint density at radius 2 is 1.94 bits per heavy atom. The number of hydrogen-bond acceptors (Lipinski definition) is 6. The molecule has 1 amide bonds. The number of carbonyl (C=O) groups is 2. The van der Waals surface area contributed by atoms with Crippen LogP contribution in [0.4, 0.5) is 5.82 Å². The number of hydrogen-bond donors (Lipinski definition) is 2. The molecule has 1 aliphatic carbocycles. The van der Waals surface area contributed by atoms with Crippen molar-refractivity contribution in [1.82, 2.24) is 5.16 Å². The number of amides is 1. The molecule has 1 aromatic heterocycles. The number of likely N-dealkylation sites (tertiary alicyclic amines) is 1. The molecule has 2 aromatic rings. The molecule has 2 unspecified atom stereocenters. The molecule has 4 rings (SSSR count). The Balaban J connectivity index is 0.00000306. The molecular formula is C24H32BrN3O5. The lowest BCUT2D eigenvalue weighted by Crippen LogP contribution is -3.00. The summed E-state index contributed by atoms with van der Waals surface area (Å²) in [5.41, 5.74) is -1.04. The molecular weight excluding hydrogens is 490 g/mol. The molecule has 2 fully saturated rings. The van der Waals surface area contributed by atoms with E-state index in [-0.39, 0.29) is 41.5 Å². The molecule has 0 bridgehead atoms. The predicted octanol–water partition coefficient (Wildman–Crippen LogP) is -0.234. The van der Waals surface area contributed by atoms with Crippen LogP contribution < -0.4 is 22.3 Å². The summed E-state index contributed by atoms with van der Waals surface area (Å²) in [5.74, 6) is 0.139. The van der Waals surface area contributed by atoms with Crippen molar-refractivity contribution >= 4 is 17.7 Å². The predicted molar refractivity (Wildman–Crippen MR) is 117 cm³/mol. The Bertz CT molecular complexity index is 962. The minimum absolute atomic E-state index is 0. The topological polar surface area (TPSA) is 102 Å². The second-order valence-electron chi connectivity index (χ2n) is 9.48. The number of aromatic nitrogens is 1. The first-order valence-electron chi connectivity index (χ1n) is 11.3. The monoisotopic (exact) mass is 521 g/mol. The van der Waals surface area contributed by atoms with Crippen LogP contribution in [0.15, 0.2) is 40.9 Å². The van der Waals surface area contributed by atoms with E-state index in [0.717, 1.165) is 25.7 Å². The second kappa shape index (κ2) is 10.4. The number of halogens is 1. The van der Waals surface area contributed by atoms with E-state index >= 15 is 0 Å². The summed E-state index contributed by atoms with van der Waals surface area (Å²) in [6.45, 7) is 3.23.